The van der Waals surface area contributed by atoms with Gasteiger partial charge in [0, 0.05) is 50.6 Å². The topological polar surface area (TPSA) is 106 Å². The SMILES string of the molecule is CO/N=C/CCOP(O)N(CCCl)CCCl.NCCN. The van der Waals surface area contributed by atoms with Crippen LogP contribution in [0.5, 0.6) is 0 Å². The van der Waals surface area contributed by atoms with Crippen molar-refractivity contribution in [3.63, 3.8) is 0 Å². The van der Waals surface area contributed by atoms with Crippen LogP contribution >= 0.6 is 31.7 Å². The van der Waals surface area contributed by atoms with E-state index in [2.05, 4.69) is 9.99 Å². The van der Waals surface area contributed by atoms with Crippen LogP contribution in [-0.2, 0) is 9.36 Å². The number of hydrogen-bond acceptors (Lipinski definition) is 7. The molecule has 0 rings (SSSR count). The van der Waals surface area contributed by atoms with Crippen molar-refractivity contribution >= 4 is 37.9 Å². The smallest absolute Gasteiger partial charge is 0.256 e. The highest BCUT2D eigenvalue weighted by molar-refractivity contribution is 7.43. The monoisotopic (exact) mass is 350 g/mol. The van der Waals surface area contributed by atoms with Gasteiger partial charge in [0.25, 0.3) is 8.53 Å². The Morgan fingerprint density at radius 2 is 1.80 bits per heavy atom. The normalized spacial score (nSPS) is 12.3. The summed E-state index contributed by atoms with van der Waals surface area (Å²) in [5.41, 5.74) is 9.81. The number of alkyl halides is 2. The number of oxime groups is 1. The first-order valence-electron chi connectivity index (χ1n) is 6.11. The van der Waals surface area contributed by atoms with Gasteiger partial charge in [-0.1, -0.05) is 5.16 Å². The summed E-state index contributed by atoms with van der Waals surface area (Å²) in [5.74, 6) is 0.871. The fraction of sp³-hybridized carbons (Fsp3) is 0.900. The first-order chi connectivity index (χ1) is 9.67. The standard InChI is InChI=1S/C8H17Cl2N2O3P.C2H8N2/c1-14-11-5-2-8-15-16(13)12(6-3-9)7-4-10;3-1-2-4/h5,13H,2-4,6-8H2,1H3;1-4H2/b11-5+;. The second kappa shape index (κ2) is 19.3. The molecular formula is C10H25Cl2N4O3P. The summed E-state index contributed by atoms with van der Waals surface area (Å²) in [7, 11) is -0.143. The Morgan fingerprint density at radius 1 is 1.25 bits per heavy atom. The van der Waals surface area contributed by atoms with Gasteiger partial charge in [0.2, 0.25) is 0 Å². The zero-order chi connectivity index (χ0) is 15.6. The van der Waals surface area contributed by atoms with Crippen LogP contribution in [0.4, 0.5) is 0 Å². The molecule has 1 atom stereocenters. The van der Waals surface area contributed by atoms with Crippen molar-refractivity contribution in [3.8, 4) is 0 Å². The summed E-state index contributed by atoms with van der Waals surface area (Å²) in [6.45, 7) is 2.70. The molecule has 0 aliphatic carbocycles. The van der Waals surface area contributed by atoms with E-state index in [0.717, 1.165) is 0 Å². The van der Waals surface area contributed by atoms with Crippen molar-refractivity contribution in [1.82, 2.24) is 4.67 Å². The number of nitrogens with two attached hydrogens (primary N) is 2. The lowest BCUT2D eigenvalue weighted by Gasteiger charge is -2.23. The molecule has 0 amide bonds. The summed E-state index contributed by atoms with van der Waals surface area (Å²) in [6.07, 6.45) is 2.17. The molecule has 20 heavy (non-hydrogen) atoms. The highest BCUT2D eigenvalue weighted by atomic mass is 35.5. The quantitative estimate of drug-likeness (QED) is 0.168. The third-order valence-corrected chi connectivity index (χ3v) is 3.36. The fourth-order valence-corrected chi connectivity index (χ4v) is 2.49. The number of nitrogens with zero attached hydrogens (tertiary/aromatic N) is 2. The van der Waals surface area contributed by atoms with Gasteiger partial charge in [-0.15, -0.1) is 23.2 Å². The number of hydrogen-bond donors (Lipinski definition) is 3. The highest BCUT2D eigenvalue weighted by Gasteiger charge is 2.15. The van der Waals surface area contributed by atoms with E-state index in [1.54, 1.807) is 10.9 Å². The van der Waals surface area contributed by atoms with E-state index in [9.17, 15) is 4.89 Å². The Bertz CT molecular complexity index is 211. The Balaban J connectivity index is 0. The van der Waals surface area contributed by atoms with E-state index < -0.39 is 8.53 Å². The molecule has 0 spiro atoms. The van der Waals surface area contributed by atoms with E-state index in [4.69, 9.17) is 39.2 Å². The zero-order valence-corrected chi connectivity index (χ0v) is 14.2. The Labute approximate surface area is 132 Å². The number of halogens is 2. The minimum absolute atomic E-state index is 0.385. The molecule has 0 saturated carbocycles. The van der Waals surface area contributed by atoms with Gasteiger partial charge in [-0.05, 0) is 0 Å². The summed E-state index contributed by atoms with van der Waals surface area (Å²) in [5, 5.41) is 3.55. The lowest BCUT2D eigenvalue weighted by molar-refractivity contribution is 0.213. The van der Waals surface area contributed by atoms with E-state index in [0.29, 0.717) is 51.0 Å². The molecule has 0 fully saturated rings. The fourth-order valence-electron chi connectivity index (χ4n) is 0.874. The molecule has 122 valence electrons. The first kappa shape index (κ1) is 22.6. The second-order valence-corrected chi connectivity index (χ2v) is 5.34. The van der Waals surface area contributed by atoms with Gasteiger partial charge in [0.05, 0.1) is 6.61 Å². The summed E-state index contributed by atoms with van der Waals surface area (Å²) >= 11 is 11.2. The summed E-state index contributed by atoms with van der Waals surface area (Å²) < 4.78 is 6.96. The lowest BCUT2D eigenvalue weighted by atomic mass is 10.5. The minimum atomic E-state index is -1.61. The maximum atomic E-state index is 9.70. The van der Waals surface area contributed by atoms with E-state index in [1.807, 2.05) is 0 Å². The van der Waals surface area contributed by atoms with Crippen LogP contribution < -0.4 is 11.5 Å². The second-order valence-electron chi connectivity index (χ2n) is 3.25. The van der Waals surface area contributed by atoms with Gasteiger partial charge in [0.1, 0.15) is 7.11 Å². The molecule has 1 unspecified atom stereocenters. The van der Waals surface area contributed by atoms with E-state index >= 15 is 0 Å². The van der Waals surface area contributed by atoms with Crippen molar-refractivity contribution in [2.75, 3.05) is 51.7 Å². The van der Waals surface area contributed by atoms with Crippen LogP contribution in [-0.4, -0.2) is 67.4 Å². The van der Waals surface area contributed by atoms with Crippen molar-refractivity contribution in [3.05, 3.63) is 0 Å². The van der Waals surface area contributed by atoms with Crippen LogP contribution in [0.25, 0.3) is 0 Å². The van der Waals surface area contributed by atoms with Gasteiger partial charge < -0.3 is 25.7 Å². The number of rotatable bonds is 11. The van der Waals surface area contributed by atoms with Gasteiger partial charge in [-0.25, -0.2) is 4.67 Å². The predicted octanol–water partition coefficient (Wildman–Crippen LogP) is 0.928. The zero-order valence-electron chi connectivity index (χ0n) is 11.8. The van der Waals surface area contributed by atoms with Gasteiger partial charge >= 0.3 is 0 Å². The third kappa shape index (κ3) is 16.3. The highest BCUT2D eigenvalue weighted by Crippen LogP contribution is 2.36. The molecule has 0 saturated heterocycles. The molecule has 7 nitrogen and oxygen atoms in total. The molecule has 5 N–H and O–H groups in total. The van der Waals surface area contributed by atoms with Gasteiger partial charge in [-0.2, -0.15) is 0 Å². The third-order valence-electron chi connectivity index (χ3n) is 1.73. The average molecular weight is 351 g/mol. The summed E-state index contributed by atoms with van der Waals surface area (Å²) in [4.78, 5) is 14.2. The largest absolute Gasteiger partial charge is 0.399 e. The van der Waals surface area contributed by atoms with Crippen LogP contribution in [0.15, 0.2) is 5.16 Å². The molecule has 0 bridgehead atoms. The first-order valence-corrected chi connectivity index (χ1v) is 8.35. The Hall–Kier alpha value is 0.280. The molecule has 10 heteroatoms. The molecule has 0 aliphatic rings. The van der Waals surface area contributed by atoms with Crippen molar-refractivity contribution in [2.45, 2.75) is 6.42 Å². The maximum Gasteiger partial charge on any atom is 0.256 e. The molecular weight excluding hydrogens is 326 g/mol. The van der Waals surface area contributed by atoms with Gasteiger partial charge in [0.15, 0.2) is 0 Å². The summed E-state index contributed by atoms with van der Waals surface area (Å²) in [6, 6.07) is 0. The predicted molar refractivity (Wildman–Crippen MR) is 86.3 cm³/mol. The molecule has 0 heterocycles. The maximum absolute atomic E-state index is 9.70. The van der Waals surface area contributed by atoms with E-state index in [1.165, 1.54) is 7.11 Å². The van der Waals surface area contributed by atoms with Gasteiger partial charge in [-0.3, -0.25) is 0 Å². The molecule has 0 aromatic rings. The molecule has 0 aliphatic heterocycles. The Morgan fingerprint density at radius 3 is 2.20 bits per heavy atom. The molecule has 0 aromatic heterocycles. The van der Waals surface area contributed by atoms with Crippen molar-refractivity contribution in [2.24, 2.45) is 16.6 Å². The van der Waals surface area contributed by atoms with Crippen LogP contribution in [0.1, 0.15) is 6.42 Å². The van der Waals surface area contributed by atoms with Crippen LogP contribution in [0, 0.1) is 0 Å². The minimum Gasteiger partial charge on any atom is -0.399 e. The molecule has 0 radical (unpaired) electrons. The average Bonchev–Trinajstić information content (AvgIpc) is 2.47. The van der Waals surface area contributed by atoms with Crippen LogP contribution in [0.2, 0.25) is 0 Å². The van der Waals surface area contributed by atoms with Crippen molar-refractivity contribution < 1.29 is 14.3 Å². The van der Waals surface area contributed by atoms with Crippen molar-refractivity contribution in [1.29, 1.82) is 0 Å². The van der Waals surface area contributed by atoms with E-state index in [-0.39, 0.29) is 0 Å². The molecule has 0 aromatic carbocycles. The van der Waals surface area contributed by atoms with Crippen LogP contribution in [0.3, 0.4) is 0 Å². The lowest BCUT2D eigenvalue weighted by Crippen LogP contribution is -2.23. The Kier molecular flexibility index (Phi) is 21.7.